The van der Waals surface area contributed by atoms with Gasteiger partial charge in [-0.15, -0.1) is 12.4 Å². The van der Waals surface area contributed by atoms with Crippen LogP contribution < -0.4 is 11.1 Å². The number of aryl methyl sites for hydroxylation is 1. The molecule has 25 heavy (non-hydrogen) atoms. The lowest BCUT2D eigenvalue weighted by atomic mass is 9.92. The molecule has 0 radical (unpaired) electrons. The predicted molar refractivity (Wildman–Crippen MR) is 106 cm³/mol. The fourth-order valence-electron chi connectivity index (χ4n) is 2.87. The molecule has 0 aliphatic carbocycles. The van der Waals surface area contributed by atoms with E-state index >= 15 is 0 Å². The highest BCUT2D eigenvalue weighted by Gasteiger charge is 2.30. The van der Waals surface area contributed by atoms with Crippen LogP contribution >= 0.6 is 12.4 Å². The highest BCUT2D eigenvalue weighted by molar-refractivity contribution is 5.99. The van der Waals surface area contributed by atoms with Gasteiger partial charge in [-0.3, -0.25) is 4.79 Å². The second kappa shape index (κ2) is 7.72. The van der Waals surface area contributed by atoms with Gasteiger partial charge in [0.05, 0.1) is 5.52 Å². The van der Waals surface area contributed by atoms with E-state index in [-0.39, 0.29) is 18.3 Å². The summed E-state index contributed by atoms with van der Waals surface area (Å²) in [5.74, 6) is -0.221. The summed E-state index contributed by atoms with van der Waals surface area (Å²) in [4.78, 5) is 12.7. The number of halogens is 1. The van der Waals surface area contributed by atoms with Crippen molar-refractivity contribution in [1.29, 1.82) is 0 Å². The zero-order valence-electron chi connectivity index (χ0n) is 14.5. The number of nitrogens with one attached hydrogen (secondary N) is 1. The average Bonchev–Trinajstić information content (AvgIpc) is 2.98. The average molecular weight is 358 g/mol. The topological polar surface area (TPSA) is 60.0 Å². The maximum Gasteiger partial charge on any atom is 0.248 e. The molecule has 0 fully saturated rings. The van der Waals surface area contributed by atoms with E-state index in [0.29, 0.717) is 0 Å². The standard InChI is InChI=1S/C20H23N3O.ClH/c1-3-12-23-13-11-15-9-10-17(14-18(15)23)22-19(24)20(2,21)16-7-5-4-6-8-16;/h4-11,13-14H,3,12,21H2,1-2H3,(H,22,24);1H. The number of carbonyl (C=O) groups excluding carboxylic acids is 1. The minimum Gasteiger partial charge on any atom is -0.347 e. The highest BCUT2D eigenvalue weighted by atomic mass is 35.5. The van der Waals surface area contributed by atoms with Gasteiger partial charge in [-0.25, -0.2) is 0 Å². The van der Waals surface area contributed by atoms with Crippen molar-refractivity contribution in [2.45, 2.75) is 32.4 Å². The van der Waals surface area contributed by atoms with Crippen molar-refractivity contribution in [2.75, 3.05) is 5.32 Å². The van der Waals surface area contributed by atoms with E-state index in [1.54, 1.807) is 6.92 Å². The van der Waals surface area contributed by atoms with Crippen molar-refractivity contribution < 1.29 is 4.79 Å². The molecule has 3 aromatic rings. The molecule has 3 N–H and O–H groups in total. The summed E-state index contributed by atoms with van der Waals surface area (Å²) >= 11 is 0. The van der Waals surface area contributed by atoms with Gasteiger partial charge in [0.25, 0.3) is 0 Å². The van der Waals surface area contributed by atoms with Gasteiger partial charge < -0.3 is 15.6 Å². The maximum atomic E-state index is 12.7. The van der Waals surface area contributed by atoms with Gasteiger partial charge in [0.15, 0.2) is 0 Å². The molecule has 132 valence electrons. The summed E-state index contributed by atoms with van der Waals surface area (Å²) in [5, 5.41) is 4.12. The van der Waals surface area contributed by atoms with Gasteiger partial charge in [-0.1, -0.05) is 43.3 Å². The lowest BCUT2D eigenvalue weighted by Gasteiger charge is -2.24. The lowest BCUT2D eigenvalue weighted by Crippen LogP contribution is -2.45. The number of carbonyl (C=O) groups is 1. The largest absolute Gasteiger partial charge is 0.347 e. The Morgan fingerprint density at radius 1 is 1.16 bits per heavy atom. The molecule has 3 rings (SSSR count). The first kappa shape index (κ1) is 19.0. The summed E-state index contributed by atoms with van der Waals surface area (Å²) in [5.41, 5.74) is 7.87. The van der Waals surface area contributed by atoms with E-state index in [4.69, 9.17) is 5.73 Å². The van der Waals surface area contributed by atoms with E-state index < -0.39 is 5.54 Å². The van der Waals surface area contributed by atoms with Crippen LogP contribution in [0.1, 0.15) is 25.8 Å². The monoisotopic (exact) mass is 357 g/mol. The maximum absolute atomic E-state index is 12.7. The molecule has 2 aromatic carbocycles. The number of fused-ring (bicyclic) bond motifs is 1. The van der Waals surface area contributed by atoms with Gasteiger partial charge in [-0.05, 0) is 42.5 Å². The zero-order valence-corrected chi connectivity index (χ0v) is 15.3. The third kappa shape index (κ3) is 3.86. The van der Waals surface area contributed by atoms with Crippen molar-refractivity contribution in [3.8, 4) is 0 Å². The van der Waals surface area contributed by atoms with Crippen LogP contribution in [-0.2, 0) is 16.9 Å². The van der Waals surface area contributed by atoms with Gasteiger partial charge in [0.2, 0.25) is 5.91 Å². The molecule has 0 bridgehead atoms. The smallest absolute Gasteiger partial charge is 0.248 e. The molecule has 0 spiro atoms. The summed E-state index contributed by atoms with van der Waals surface area (Å²) in [7, 11) is 0. The van der Waals surface area contributed by atoms with E-state index in [0.717, 1.165) is 29.7 Å². The Balaban J connectivity index is 0.00000225. The van der Waals surface area contributed by atoms with Crippen molar-refractivity contribution in [2.24, 2.45) is 5.73 Å². The van der Waals surface area contributed by atoms with Crippen LogP contribution in [-0.4, -0.2) is 10.5 Å². The number of amides is 1. The fourth-order valence-corrected chi connectivity index (χ4v) is 2.87. The van der Waals surface area contributed by atoms with Gasteiger partial charge in [0.1, 0.15) is 5.54 Å². The second-order valence-corrected chi connectivity index (χ2v) is 6.31. The molecule has 0 aliphatic rings. The molecule has 1 heterocycles. The minimum atomic E-state index is -1.08. The lowest BCUT2D eigenvalue weighted by molar-refractivity contribution is -0.120. The van der Waals surface area contributed by atoms with Crippen molar-refractivity contribution >= 4 is 34.9 Å². The molecule has 0 saturated heterocycles. The molecule has 1 atom stereocenters. The van der Waals surface area contributed by atoms with Crippen molar-refractivity contribution in [3.05, 3.63) is 66.4 Å². The summed E-state index contributed by atoms with van der Waals surface area (Å²) in [6.45, 7) is 4.84. The number of anilines is 1. The number of benzene rings is 2. The Kier molecular flexibility index (Phi) is 5.88. The molecule has 1 unspecified atom stereocenters. The van der Waals surface area contributed by atoms with E-state index in [2.05, 4.69) is 29.1 Å². The van der Waals surface area contributed by atoms with Crippen LogP contribution in [0.4, 0.5) is 5.69 Å². The highest BCUT2D eigenvalue weighted by Crippen LogP contribution is 2.24. The second-order valence-electron chi connectivity index (χ2n) is 6.31. The molecule has 0 aliphatic heterocycles. The molecule has 4 nitrogen and oxygen atoms in total. The molecule has 0 saturated carbocycles. The van der Waals surface area contributed by atoms with E-state index in [9.17, 15) is 4.79 Å². The Hall–Kier alpha value is -2.30. The van der Waals surface area contributed by atoms with Crippen LogP contribution in [0.25, 0.3) is 10.9 Å². The van der Waals surface area contributed by atoms with Crippen molar-refractivity contribution in [3.63, 3.8) is 0 Å². The first-order valence-corrected chi connectivity index (χ1v) is 8.27. The number of hydrogen-bond donors (Lipinski definition) is 2. The fraction of sp³-hybridized carbons (Fsp3) is 0.250. The van der Waals surface area contributed by atoms with Crippen LogP contribution in [0, 0.1) is 0 Å². The summed E-state index contributed by atoms with van der Waals surface area (Å²) in [6.07, 6.45) is 3.14. The number of hydrogen-bond acceptors (Lipinski definition) is 2. The van der Waals surface area contributed by atoms with Crippen LogP contribution in [0.2, 0.25) is 0 Å². The minimum absolute atomic E-state index is 0. The van der Waals surface area contributed by atoms with E-state index in [1.807, 2.05) is 48.5 Å². The molecule has 1 amide bonds. The number of nitrogens with two attached hydrogens (primary N) is 1. The number of rotatable bonds is 5. The quantitative estimate of drug-likeness (QED) is 0.715. The van der Waals surface area contributed by atoms with Crippen molar-refractivity contribution in [1.82, 2.24) is 4.57 Å². The van der Waals surface area contributed by atoms with Crippen LogP contribution in [0.15, 0.2) is 60.8 Å². The normalized spacial score (nSPS) is 13.1. The van der Waals surface area contributed by atoms with Gasteiger partial charge >= 0.3 is 0 Å². The van der Waals surface area contributed by atoms with Crippen LogP contribution in [0.5, 0.6) is 0 Å². The zero-order chi connectivity index (χ0) is 17.2. The first-order valence-electron chi connectivity index (χ1n) is 8.27. The Labute approximate surface area is 154 Å². The molecular formula is C20H24ClN3O. The van der Waals surface area contributed by atoms with Crippen LogP contribution in [0.3, 0.4) is 0 Å². The summed E-state index contributed by atoms with van der Waals surface area (Å²) < 4.78 is 2.20. The number of aromatic nitrogens is 1. The molecule has 1 aromatic heterocycles. The van der Waals surface area contributed by atoms with Gasteiger partial charge in [-0.2, -0.15) is 0 Å². The Morgan fingerprint density at radius 2 is 1.88 bits per heavy atom. The SMILES string of the molecule is CCCn1ccc2ccc(NC(=O)C(C)(N)c3ccccc3)cc21.Cl. The third-order valence-electron chi connectivity index (χ3n) is 4.34. The third-order valence-corrected chi connectivity index (χ3v) is 4.34. The van der Waals surface area contributed by atoms with E-state index in [1.165, 1.54) is 5.39 Å². The predicted octanol–water partition coefficient (Wildman–Crippen LogP) is 4.29. The number of nitrogens with zero attached hydrogens (tertiary/aromatic N) is 1. The first-order chi connectivity index (χ1) is 11.5. The molecular weight excluding hydrogens is 334 g/mol. The summed E-state index contributed by atoms with van der Waals surface area (Å²) in [6, 6.07) is 17.5. The Bertz CT molecular complexity index is 856. The molecule has 5 heteroatoms. The Morgan fingerprint density at radius 3 is 2.56 bits per heavy atom. The van der Waals surface area contributed by atoms with Gasteiger partial charge in [0, 0.05) is 18.4 Å².